The van der Waals surface area contributed by atoms with Crippen LogP contribution in [0.15, 0.2) is 0 Å². The monoisotopic (exact) mass is 198 g/mol. The van der Waals surface area contributed by atoms with Crippen LogP contribution < -0.4 is 0 Å². The third-order valence-corrected chi connectivity index (χ3v) is 4.28. The first-order valence-corrected chi connectivity index (χ1v) is 5.59. The lowest BCUT2D eigenvalue weighted by molar-refractivity contribution is -0.137. The van der Waals surface area contributed by atoms with E-state index in [1.807, 2.05) is 0 Å². The molecule has 0 heterocycles. The van der Waals surface area contributed by atoms with Crippen molar-refractivity contribution in [2.24, 2.45) is 10.8 Å². The summed E-state index contributed by atoms with van der Waals surface area (Å²) in [4.78, 5) is 10.4. The molecule has 0 saturated heterocycles. The molecule has 1 unspecified atom stereocenters. The van der Waals surface area contributed by atoms with E-state index in [0.717, 1.165) is 12.8 Å². The predicted octanol–water partition coefficient (Wildman–Crippen LogP) is 3.46. The highest BCUT2D eigenvalue weighted by Gasteiger charge is 2.44. The van der Waals surface area contributed by atoms with Crippen LogP contribution in [-0.4, -0.2) is 11.1 Å². The molecule has 1 rings (SSSR count). The van der Waals surface area contributed by atoms with Gasteiger partial charge in [0.2, 0.25) is 0 Å². The Balaban J connectivity index is 2.45. The Kier molecular flexibility index (Phi) is 3.23. The molecule has 0 aromatic carbocycles. The summed E-state index contributed by atoms with van der Waals surface area (Å²) in [6.45, 7) is 6.96. The molecule has 2 heteroatoms. The first-order chi connectivity index (χ1) is 6.37. The molecule has 0 spiro atoms. The van der Waals surface area contributed by atoms with E-state index < -0.39 is 5.97 Å². The minimum absolute atomic E-state index is 0.325. The lowest BCUT2D eigenvalue weighted by Crippen LogP contribution is -2.29. The van der Waals surface area contributed by atoms with Gasteiger partial charge in [0, 0.05) is 6.42 Å². The molecule has 0 aromatic heterocycles. The Morgan fingerprint density at radius 3 is 2.36 bits per heavy atom. The fourth-order valence-electron chi connectivity index (χ4n) is 2.65. The van der Waals surface area contributed by atoms with Crippen molar-refractivity contribution in [3.8, 4) is 0 Å². The summed E-state index contributed by atoms with van der Waals surface area (Å²) in [7, 11) is 0. The van der Waals surface area contributed by atoms with E-state index in [2.05, 4.69) is 20.8 Å². The molecule has 0 radical (unpaired) electrons. The maximum absolute atomic E-state index is 10.4. The first kappa shape index (κ1) is 11.5. The van der Waals surface area contributed by atoms with Gasteiger partial charge in [0.25, 0.3) is 0 Å². The van der Waals surface area contributed by atoms with Crippen molar-refractivity contribution in [1.29, 1.82) is 0 Å². The molecule has 2 nitrogen and oxygen atoms in total. The van der Waals surface area contributed by atoms with Crippen molar-refractivity contribution < 1.29 is 9.90 Å². The van der Waals surface area contributed by atoms with Gasteiger partial charge in [0.05, 0.1) is 0 Å². The molecule has 0 bridgehead atoms. The van der Waals surface area contributed by atoms with Crippen LogP contribution >= 0.6 is 0 Å². The van der Waals surface area contributed by atoms with Gasteiger partial charge in [-0.05, 0) is 36.5 Å². The maximum atomic E-state index is 10.4. The Bertz CT molecular complexity index is 220. The number of carboxylic acid groups (broad SMARTS) is 1. The lowest BCUT2D eigenvalue weighted by Gasteiger charge is -2.38. The fourth-order valence-corrected chi connectivity index (χ4v) is 2.65. The van der Waals surface area contributed by atoms with Crippen LogP contribution in [0.2, 0.25) is 0 Å². The molecule has 82 valence electrons. The SMILES string of the molecule is CC1(C)CCCC1(C)CCCC(=O)O. The minimum atomic E-state index is -0.663. The number of hydrogen-bond donors (Lipinski definition) is 1. The highest BCUT2D eigenvalue weighted by atomic mass is 16.4. The van der Waals surface area contributed by atoms with Crippen molar-refractivity contribution in [3.63, 3.8) is 0 Å². The topological polar surface area (TPSA) is 37.3 Å². The Labute approximate surface area is 86.7 Å². The van der Waals surface area contributed by atoms with E-state index in [4.69, 9.17) is 5.11 Å². The van der Waals surface area contributed by atoms with E-state index in [9.17, 15) is 4.79 Å². The zero-order valence-corrected chi connectivity index (χ0v) is 9.60. The van der Waals surface area contributed by atoms with E-state index in [1.54, 1.807) is 0 Å². The first-order valence-electron chi connectivity index (χ1n) is 5.59. The molecule has 1 atom stereocenters. The van der Waals surface area contributed by atoms with Gasteiger partial charge in [0.1, 0.15) is 0 Å². The van der Waals surface area contributed by atoms with Gasteiger partial charge in [-0.15, -0.1) is 0 Å². The summed E-state index contributed by atoms with van der Waals surface area (Å²) in [6, 6.07) is 0. The number of aliphatic carboxylic acids is 1. The predicted molar refractivity (Wildman–Crippen MR) is 57.2 cm³/mol. The summed E-state index contributed by atoms with van der Waals surface area (Å²) in [5.41, 5.74) is 0.758. The summed E-state index contributed by atoms with van der Waals surface area (Å²) in [5.74, 6) is -0.663. The van der Waals surface area contributed by atoms with Crippen molar-refractivity contribution >= 4 is 5.97 Å². The highest BCUT2D eigenvalue weighted by molar-refractivity contribution is 5.66. The van der Waals surface area contributed by atoms with Gasteiger partial charge in [-0.2, -0.15) is 0 Å². The molecular weight excluding hydrogens is 176 g/mol. The van der Waals surface area contributed by atoms with Gasteiger partial charge >= 0.3 is 5.97 Å². The number of carbonyl (C=O) groups is 1. The molecule has 14 heavy (non-hydrogen) atoms. The molecular formula is C12H22O2. The maximum Gasteiger partial charge on any atom is 0.303 e. The lowest BCUT2D eigenvalue weighted by atomic mass is 9.67. The van der Waals surface area contributed by atoms with Gasteiger partial charge in [-0.1, -0.05) is 27.2 Å². The standard InChI is InChI=1S/C12H22O2/c1-11(2)7-5-9-12(11,3)8-4-6-10(13)14/h4-9H2,1-3H3,(H,13,14). The van der Waals surface area contributed by atoms with Crippen molar-refractivity contribution in [1.82, 2.24) is 0 Å². The van der Waals surface area contributed by atoms with Crippen LogP contribution in [0.25, 0.3) is 0 Å². The normalized spacial score (nSPS) is 30.5. The van der Waals surface area contributed by atoms with Crippen LogP contribution in [0.3, 0.4) is 0 Å². The third-order valence-electron chi connectivity index (χ3n) is 4.28. The van der Waals surface area contributed by atoms with Crippen molar-refractivity contribution in [2.45, 2.75) is 59.3 Å². The minimum Gasteiger partial charge on any atom is -0.481 e. The Morgan fingerprint density at radius 2 is 1.93 bits per heavy atom. The van der Waals surface area contributed by atoms with E-state index in [-0.39, 0.29) is 0 Å². The number of hydrogen-bond acceptors (Lipinski definition) is 1. The van der Waals surface area contributed by atoms with Gasteiger partial charge in [0.15, 0.2) is 0 Å². The summed E-state index contributed by atoms with van der Waals surface area (Å²) >= 11 is 0. The number of carboxylic acids is 1. The second kappa shape index (κ2) is 3.92. The smallest absolute Gasteiger partial charge is 0.303 e. The quantitative estimate of drug-likeness (QED) is 0.751. The zero-order valence-electron chi connectivity index (χ0n) is 9.60. The third kappa shape index (κ3) is 2.28. The largest absolute Gasteiger partial charge is 0.481 e. The van der Waals surface area contributed by atoms with E-state index >= 15 is 0 Å². The van der Waals surface area contributed by atoms with E-state index in [0.29, 0.717) is 17.3 Å². The number of rotatable bonds is 4. The molecule has 0 aromatic rings. The summed E-state index contributed by atoms with van der Waals surface area (Å²) < 4.78 is 0. The second-order valence-corrected chi connectivity index (χ2v) is 5.55. The van der Waals surface area contributed by atoms with Crippen LogP contribution in [0, 0.1) is 10.8 Å². The summed E-state index contributed by atoms with van der Waals surface area (Å²) in [6.07, 6.45) is 6.07. The highest BCUT2D eigenvalue weighted by Crippen LogP contribution is 2.54. The molecule has 1 aliphatic carbocycles. The molecule has 0 aliphatic heterocycles. The van der Waals surface area contributed by atoms with Gasteiger partial charge in [-0.25, -0.2) is 0 Å². The van der Waals surface area contributed by atoms with Gasteiger partial charge < -0.3 is 5.11 Å². The van der Waals surface area contributed by atoms with Crippen LogP contribution in [0.1, 0.15) is 59.3 Å². The molecule has 1 saturated carbocycles. The average molecular weight is 198 g/mol. The molecule has 1 aliphatic rings. The Morgan fingerprint density at radius 1 is 1.29 bits per heavy atom. The molecule has 1 N–H and O–H groups in total. The van der Waals surface area contributed by atoms with Crippen molar-refractivity contribution in [3.05, 3.63) is 0 Å². The zero-order chi connectivity index (χ0) is 10.8. The average Bonchev–Trinajstić information content (AvgIpc) is 2.26. The molecule has 0 amide bonds. The summed E-state index contributed by atoms with van der Waals surface area (Å²) in [5, 5.41) is 8.60. The molecule has 1 fully saturated rings. The van der Waals surface area contributed by atoms with Crippen molar-refractivity contribution in [2.75, 3.05) is 0 Å². The van der Waals surface area contributed by atoms with E-state index in [1.165, 1.54) is 19.3 Å². The van der Waals surface area contributed by atoms with Gasteiger partial charge in [-0.3, -0.25) is 4.79 Å². The van der Waals surface area contributed by atoms with Crippen LogP contribution in [0.5, 0.6) is 0 Å². The Hall–Kier alpha value is -0.530. The fraction of sp³-hybridized carbons (Fsp3) is 0.917. The van der Waals surface area contributed by atoms with Crippen LogP contribution in [0.4, 0.5) is 0 Å². The second-order valence-electron chi connectivity index (χ2n) is 5.55. The van der Waals surface area contributed by atoms with Crippen LogP contribution in [-0.2, 0) is 4.79 Å².